The van der Waals surface area contributed by atoms with Crippen LogP contribution < -0.4 is 0 Å². The Hall–Kier alpha value is -1.14. The first kappa shape index (κ1) is 61.9. The van der Waals surface area contributed by atoms with Gasteiger partial charge < -0.3 is 19.5 Å². The maximum absolute atomic E-state index is 12.6. The topological polar surface area (TPSA) is 76.1 Å². The Balaban J connectivity index is 4.29. The second kappa shape index (κ2) is 47.4. The number of hydrogen-bond acceptors (Lipinski definition) is 6. The zero-order valence-electron chi connectivity index (χ0n) is 43.7. The van der Waals surface area contributed by atoms with Gasteiger partial charge in [0.2, 0.25) is 0 Å². The molecular formula is C57H113NO5. The first-order chi connectivity index (χ1) is 30.7. The molecule has 6 heteroatoms. The number of carbonyl (C=O) groups excluding carboxylic acids is 2. The molecule has 2 atom stereocenters. The van der Waals surface area contributed by atoms with Crippen LogP contribution in [0.1, 0.15) is 305 Å². The molecule has 0 rings (SSSR count). The number of nitrogens with zero attached hydrogens (tertiary/aromatic N) is 1. The van der Waals surface area contributed by atoms with Gasteiger partial charge in [0.15, 0.2) is 0 Å². The lowest BCUT2D eigenvalue weighted by atomic mass is 9.85. The van der Waals surface area contributed by atoms with Crippen molar-refractivity contribution in [3.8, 4) is 0 Å². The number of rotatable bonds is 51. The van der Waals surface area contributed by atoms with Gasteiger partial charge in [0, 0.05) is 0 Å². The minimum absolute atomic E-state index is 0.00310. The summed E-state index contributed by atoms with van der Waals surface area (Å²) in [6, 6.07) is 0. The molecular weight excluding hydrogens is 779 g/mol. The first-order valence-corrected chi connectivity index (χ1v) is 28.5. The lowest BCUT2D eigenvalue weighted by Crippen LogP contribution is -2.30. The van der Waals surface area contributed by atoms with Crippen molar-refractivity contribution in [2.75, 3.05) is 32.8 Å². The summed E-state index contributed by atoms with van der Waals surface area (Å²) in [4.78, 5) is 27.8. The van der Waals surface area contributed by atoms with Crippen LogP contribution in [0.4, 0.5) is 0 Å². The Bertz CT molecular complexity index is 891. The summed E-state index contributed by atoms with van der Waals surface area (Å²) in [5.41, 5.74) is -0.605. The van der Waals surface area contributed by atoms with Crippen LogP contribution in [0.5, 0.6) is 0 Å². The van der Waals surface area contributed by atoms with Crippen molar-refractivity contribution >= 4 is 11.9 Å². The fraction of sp³-hybridized carbons (Fsp3) is 0.965. The Morgan fingerprint density at radius 1 is 0.381 bits per heavy atom. The van der Waals surface area contributed by atoms with E-state index in [0.29, 0.717) is 13.2 Å². The van der Waals surface area contributed by atoms with Gasteiger partial charge in [0.05, 0.1) is 30.7 Å². The van der Waals surface area contributed by atoms with Crippen molar-refractivity contribution in [3.63, 3.8) is 0 Å². The van der Waals surface area contributed by atoms with Gasteiger partial charge in [0.1, 0.15) is 0 Å². The van der Waals surface area contributed by atoms with Gasteiger partial charge in [-0.1, -0.05) is 234 Å². The van der Waals surface area contributed by atoms with Crippen LogP contribution in [-0.4, -0.2) is 60.4 Å². The summed E-state index contributed by atoms with van der Waals surface area (Å²) in [6.07, 6.45) is 49.3. The van der Waals surface area contributed by atoms with E-state index in [0.717, 1.165) is 116 Å². The van der Waals surface area contributed by atoms with Gasteiger partial charge in [-0.05, 0) is 90.3 Å². The molecule has 2 unspecified atom stereocenters. The first-order valence-electron chi connectivity index (χ1n) is 28.5. The third-order valence-electron chi connectivity index (χ3n) is 13.8. The van der Waals surface area contributed by atoms with Crippen molar-refractivity contribution in [2.45, 2.75) is 310 Å². The molecule has 0 fully saturated rings. The molecule has 63 heavy (non-hydrogen) atoms. The summed E-state index contributed by atoms with van der Waals surface area (Å²) < 4.78 is 11.3. The van der Waals surface area contributed by atoms with Crippen molar-refractivity contribution in [3.05, 3.63) is 0 Å². The van der Waals surface area contributed by atoms with Gasteiger partial charge >= 0.3 is 11.9 Å². The monoisotopic (exact) mass is 892 g/mol. The van der Waals surface area contributed by atoms with E-state index in [1.54, 1.807) is 0 Å². The Labute approximate surface area is 394 Å². The van der Waals surface area contributed by atoms with Gasteiger partial charge in [0.25, 0.3) is 0 Å². The van der Waals surface area contributed by atoms with E-state index in [4.69, 9.17) is 9.47 Å². The average molecular weight is 893 g/mol. The molecule has 0 heterocycles. The molecule has 1 N–H and O–H groups in total. The molecule has 0 amide bonds. The summed E-state index contributed by atoms with van der Waals surface area (Å²) in [5, 5.41) is 11.9. The van der Waals surface area contributed by atoms with Crippen LogP contribution in [-0.2, 0) is 19.1 Å². The third kappa shape index (κ3) is 42.0. The standard InChI is InChI=1S/C57H113NO5/c1-7-11-13-15-17-19-21-23-25-27-29-35-43-53(5)55(59)62-51-41-33-31-37-45-57(61,47-39-40-50-58(48-9-3)49-10-4)46-38-32-34-42-52-63-56(60)54(6)44-36-30-28-26-24-22-20-18-16-14-12-8-2/h53-54,61H,7-52H2,1-6H3. The van der Waals surface area contributed by atoms with Gasteiger partial charge in [-0.2, -0.15) is 0 Å². The van der Waals surface area contributed by atoms with Crippen LogP contribution in [0, 0.1) is 11.8 Å². The number of esters is 2. The molecule has 0 aliphatic rings. The summed E-state index contributed by atoms with van der Waals surface area (Å²) in [6.45, 7) is 17.6. The van der Waals surface area contributed by atoms with E-state index in [2.05, 4.69) is 32.6 Å². The highest BCUT2D eigenvalue weighted by atomic mass is 16.5. The van der Waals surface area contributed by atoms with Crippen LogP contribution in [0.3, 0.4) is 0 Å². The highest BCUT2D eigenvalue weighted by Gasteiger charge is 2.25. The predicted octanol–water partition coefficient (Wildman–Crippen LogP) is 17.5. The van der Waals surface area contributed by atoms with Gasteiger partial charge in [-0.15, -0.1) is 0 Å². The molecule has 0 radical (unpaired) electrons. The molecule has 0 aromatic heterocycles. The number of unbranched alkanes of at least 4 members (excludes halogenated alkanes) is 29. The number of hydrogen-bond donors (Lipinski definition) is 1. The smallest absolute Gasteiger partial charge is 0.308 e. The molecule has 0 saturated carbocycles. The fourth-order valence-corrected chi connectivity index (χ4v) is 9.40. The van der Waals surface area contributed by atoms with Gasteiger partial charge in [-0.3, -0.25) is 9.59 Å². The van der Waals surface area contributed by atoms with Crippen molar-refractivity contribution in [1.29, 1.82) is 0 Å². The average Bonchev–Trinajstić information content (AvgIpc) is 3.27. The molecule has 0 aliphatic carbocycles. The van der Waals surface area contributed by atoms with E-state index in [-0.39, 0.29) is 23.8 Å². The zero-order valence-corrected chi connectivity index (χ0v) is 43.7. The van der Waals surface area contributed by atoms with Gasteiger partial charge in [-0.25, -0.2) is 0 Å². The second-order valence-electron chi connectivity index (χ2n) is 20.3. The molecule has 0 aliphatic heterocycles. The van der Waals surface area contributed by atoms with Crippen molar-refractivity contribution < 1.29 is 24.2 Å². The predicted molar refractivity (Wildman–Crippen MR) is 274 cm³/mol. The summed E-state index contributed by atoms with van der Waals surface area (Å²) in [7, 11) is 0. The molecule has 0 aromatic rings. The number of carbonyl (C=O) groups is 2. The summed E-state index contributed by atoms with van der Waals surface area (Å²) in [5.74, 6) is -0.0587. The lowest BCUT2D eigenvalue weighted by Gasteiger charge is -2.29. The highest BCUT2D eigenvalue weighted by molar-refractivity contribution is 5.72. The SMILES string of the molecule is CCCCCCCCCCCCCCC(C)C(=O)OCCCCCCC(O)(CCCCCCOC(=O)C(C)CCCCCCCCCCCCCC)CCCCN(CCC)CCC. The van der Waals surface area contributed by atoms with E-state index >= 15 is 0 Å². The minimum Gasteiger partial charge on any atom is -0.465 e. The molecule has 0 saturated heterocycles. The molecule has 0 aromatic carbocycles. The van der Waals surface area contributed by atoms with Crippen molar-refractivity contribution in [2.24, 2.45) is 11.8 Å². The Morgan fingerprint density at radius 3 is 1.00 bits per heavy atom. The van der Waals surface area contributed by atoms with Crippen LogP contribution in [0.25, 0.3) is 0 Å². The third-order valence-corrected chi connectivity index (χ3v) is 13.8. The number of ether oxygens (including phenoxy) is 2. The van der Waals surface area contributed by atoms with Crippen molar-refractivity contribution in [1.82, 2.24) is 4.90 Å². The Kier molecular flexibility index (Phi) is 46.5. The maximum atomic E-state index is 12.6. The normalized spacial score (nSPS) is 13.7. The van der Waals surface area contributed by atoms with Crippen LogP contribution >= 0.6 is 0 Å². The van der Waals surface area contributed by atoms with E-state index in [9.17, 15) is 14.7 Å². The van der Waals surface area contributed by atoms with E-state index in [1.165, 1.54) is 167 Å². The molecule has 0 spiro atoms. The second-order valence-corrected chi connectivity index (χ2v) is 20.3. The quantitative estimate of drug-likeness (QED) is 0.0484. The minimum atomic E-state index is -0.605. The molecule has 0 bridgehead atoms. The molecule has 6 nitrogen and oxygen atoms in total. The lowest BCUT2D eigenvalue weighted by molar-refractivity contribution is -0.149. The van der Waals surface area contributed by atoms with E-state index < -0.39 is 5.60 Å². The van der Waals surface area contributed by atoms with E-state index in [1.807, 2.05) is 13.8 Å². The largest absolute Gasteiger partial charge is 0.465 e. The number of aliphatic hydroxyl groups is 1. The fourth-order valence-electron chi connectivity index (χ4n) is 9.40. The summed E-state index contributed by atoms with van der Waals surface area (Å²) >= 11 is 0. The maximum Gasteiger partial charge on any atom is 0.308 e. The highest BCUT2D eigenvalue weighted by Crippen LogP contribution is 2.29. The van der Waals surface area contributed by atoms with Crippen LogP contribution in [0.15, 0.2) is 0 Å². The molecule has 376 valence electrons. The zero-order chi connectivity index (χ0) is 46.3. The van der Waals surface area contributed by atoms with Crippen LogP contribution in [0.2, 0.25) is 0 Å². The Morgan fingerprint density at radius 2 is 0.667 bits per heavy atom.